The number of nitrogens with two attached hydrogens (primary N) is 1. The van der Waals surface area contributed by atoms with E-state index in [9.17, 15) is 14.4 Å². The fourth-order valence-electron chi connectivity index (χ4n) is 2.71. The Hall–Kier alpha value is -1.83. The lowest BCUT2D eigenvalue weighted by Crippen LogP contribution is -2.41. The maximum Gasteiger partial charge on any atom is 0.407 e. The van der Waals surface area contributed by atoms with Gasteiger partial charge in [0.2, 0.25) is 11.8 Å². The molecular weight excluding hydrogens is 324 g/mol. The number of carbonyl (C=O) groups is 3. The predicted octanol–water partition coefficient (Wildman–Crippen LogP) is 0.698. The van der Waals surface area contributed by atoms with Crippen LogP contribution in [0.25, 0.3) is 0 Å². The first kappa shape index (κ1) is 21.2. The smallest absolute Gasteiger partial charge is 0.407 e. The number of rotatable bonds is 1. The summed E-state index contributed by atoms with van der Waals surface area (Å²) in [4.78, 5) is 36.7. The first-order valence-corrected chi connectivity index (χ1v) is 8.74. The zero-order valence-electron chi connectivity index (χ0n) is 16.0. The quantitative estimate of drug-likeness (QED) is 0.719. The van der Waals surface area contributed by atoms with E-state index in [1.54, 1.807) is 16.7 Å². The molecule has 0 spiro atoms. The molecule has 2 aliphatic rings. The van der Waals surface area contributed by atoms with Crippen LogP contribution in [0.15, 0.2) is 0 Å². The molecule has 8 heteroatoms. The van der Waals surface area contributed by atoms with E-state index >= 15 is 0 Å². The summed E-state index contributed by atoms with van der Waals surface area (Å²) >= 11 is 0. The Bertz CT molecular complexity index is 490. The van der Waals surface area contributed by atoms with E-state index in [0.717, 1.165) is 25.9 Å². The summed E-state index contributed by atoms with van der Waals surface area (Å²) in [6.45, 7) is 11.5. The van der Waals surface area contributed by atoms with Gasteiger partial charge in [-0.1, -0.05) is 0 Å². The lowest BCUT2D eigenvalue weighted by Gasteiger charge is -2.21. The summed E-state index contributed by atoms with van der Waals surface area (Å²) in [5.74, 6) is 0.191. The fourth-order valence-corrected chi connectivity index (χ4v) is 2.71. The van der Waals surface area contributed by atoms with E-state index in [4.69, 9.17) is 10.5 Å². The first-order chi connectivity index (χ1) is 11.5. The van der Waals surface area contributed by atoms with Crippen molar-refractivity contribution in [2.24, 2.45) is 5.73 Å². The maximum atomic E-state index is 11.5. The van der Waals surface area contributed by atoms with E-state index in [1.807, 2.05) is 20.8 Å². The highest BCUT2D eigenvalue weighted by Gasteiger charge is 2.27. The third kappa shape index (κ3) is 8.20. The van der Waals surface area contributed by atoms with Crippen molar-refractivity contribution in [1.82, 2.24) is 15.1 Å². The molecule has 2 rings (SSSR count). The number of hydrogen-bond acceptors (Lipinski definition) is 5. The van der Waals surface area contributed by atoms with Crippen molar-refractivity contribution in [1.29, 1.82) is 0 Å². The normalized spacial score (nSPS) is 23.0. The molecule has 0 aromatic rings. The number of hydrogen-bond donors (Lipinski definition) is 2. The summed E-state index contributed by atoms with van der Waals surface area (Å²) in [5.41, 5.74) is 5.09. The molecule has 2 aliphatic heterocycles. The third-order valence-electron chi connectivity index (χ3n) is 4.02. The van der Waals surface area contributed by atoms with Crippen LogP contribution < -0.4 is 11.1 Å². The summed E-state index contributed by atoms with van der Waals surface area (Å²) in [6.07, 6.45) is 1.33. The van der Waals surface area contributed by atoms with Crippen LogP contribution in [-0.2, 0) is 14.3 Å². The number of amides is 3. The van der Waals surface area contributed by atoms with Gasteiger partial charge in [-0.3, -0.25) is 9.59 Å². The Kier molecular flexibility index (Phi) is 7.66. The summed E-state index contributed by atoms with van der Waals surface area (Å²) < 4.78 is 5.14. The van der Waals surface area contributed by atoms with Crippen molar-refractivity contribution in [3.63, 3.8) is 0 Å². The summed E-state index contributed by atoms with van der Waals surface area (Å²) in [5, 5.41) is 2.77. The second kappa shape index (κ2) is 9.03. The van der Waals surface area contributed by atoms with Crippen LogP contribution >= 0.6 is 0 Å². The lowest BCUT2D eigenvalue weighted by atomic mass is 10.2. The Morgan fingerprint density at radius 2 is 1.52 bits per heavy atom. The number of likely N-dealkylation sites (tertiary alicyclic amines) is 2. The zero-order valence-corrected chi connectivity index (χ0v) is 16.0. The van der Waals surface area contributed by atoms with Gasteiger partial charge >= 0.3 is 6.09 Å². The zero-order chi connectivity index (χ0) is 19.2. The largest absolute Gasteiger partial charge is 0.444 e. The fraction of sp³-hybridized carbons (Fsp3) is 0.824. The van der Waals surface area contributed by atoms with E-state index < -0.39 is 11.7 Å². The average molecular weight is 356 g/mol. The Labute approximate surface area is 150 Å². The van der Waals surface area contributed by atoms with E-state index in [0.29, 0.717) is 13.1 Å². The molecule has 0 saturated carbocycles. The summed E-state index contributed by atoms with van der Waals surface area (Å²) in [6, 6.07) is 0.229. The molecule has 2 saturated heterocycles. The van der Waals surface area contributed by atoms with E-state index in [2.05, 4.69) is 5.32 Å². The van der Waals surface area contributed by atoms with Gasteiger partial charge in [0.05, 0.1) is 6.04 Å². The van der Waals surface area contributed by atoms with Gasteiger partial charge < -0.3 is 25.6 Å². The molecule has 144 valence electrons. The van der Waals surface area contributed by atoms with Crippen molar-refractivity contribution in [3.8, 4) is 0 Å². The van der Waals surface area contributed by atoms with Crippen LogP contribution in [0.2, 0.25) is 0 Å². The topological polar surface area (TPSA) is 105 Å². The van der Waals surface area contributed by atoms with Gasteiger partial charge in [0, 0.05) is 46.1 Å². The SMILES string of the molecule is CC(=O)N1CCC(N)C1.CC(=O)N1CCC(NC(=O)OC(C)(C)C)C1. The first-order valence-electron chi connectivity index (χ1n) is 8.74. The molecule has 2 atom stereocenters. The van der Waals surface area contributed by atoms with Gasteiger partial charge in [0.25, 0.3) is 0 Å². The van der Waals surface area contributed by atoms with Gasteiger partial charge in [-0.2, -0.15) is 0 Å². The third-order valence-corrected chi connectivity index (χ3v) is 4.02. The molecule has 25 heavy (non-hydrogen) atoms. The minimum absolute atomic E-state index is 0.0127. The second-order valence-electron chi connectivity index (χ2n) is 7.61. The Balaban J connectivity index is 0.000000293. The number of carbonyl (C=O) groups excluding carboxylic acids is 3. The predicted molar refractivity (Wildman–Crippen MR) is 94.9 cm³/mol. The molecule has 0 radical (unpaired) electrons. The molecule has 0 aliphatic carbocycles. The number of nitrogens with zero attached hydrogens (tertiary/aromatic N) is 2. The van der Waals surface area contributed by atoms with Crippen molar-refractivity contribution >= 4 is 17.9 Å². The van der Waals surface area contributed by atoms with Gasteiger partial charge in [-0.15, -0.1) is 0 Å². The van der Waals surface area contributed by atoms with Crippen LogP contribution in [0, 0.1) is 0 Å². The minimum atomic E-state index is -0.483. The van der Waals surface area contributed by atoms with Gasteiger partial charge in [0.1, 0.15) is 5.60 Å². The highest BCUT2D eigenvalue weighted by molar-refractivity contribution is 5.74. The maximum absolute atomic E-state index is 11.5. The highest BCUT2D eigenvalue weighted by Crippen LogP contribution is 2.11. The molecule has 0 aromatic heterocycles. The Morgan fingerprint density at radius 3 is 1.88 bits per heavy atom. The molecule has 3 amide bonds. The van der Waals surface area contributed by atoms with Crippen LogP contribution in [0.4, 0.5) is 4.79 Å². The standard InChI is InChI=1S/C11H20N2O3.C6H12N2O/c1-8(14)13-6-5-9(7-13)12-10(15)16-11(2,3)4;1-5(9)8-3-2-6(7)4-8/h9H,5-7H2,1-4H3,(H,12,15);6H,2-4,7H2,1H3. The van der Waals surface area contributed by atoms with Crippen LogP contribution in [0.1, 0.15) is 47.5 Å². The van der Waals surface area contributed by atoms with Crippen molar-refractivity contribution in [3.05, 3.63) is 0 Å². The Morgan fingerprint density at radius 1 is 1.00 bits per heavy atom. The highest BCUT2D eigenvalue weighted by atomic mass is 16.6. The van der Waals surface area contributed by atoms with Crippen LogP contribution in [0.3, 0.4) is 0 Å². The molecule has 2 heterocycles. The molecule has 0 aromatic carbocycles. The molecule has 8 nitrogen and oxygen atoms in total. The molecule has 2 unspecified atom stereocenters. The number of nitrogens with one attached hydrogen (secondary N) is 1. The second-order valence-corrected chi connectivity index (χ2v) is 7.61. The van der Waals surface area contributed by atoms with Gasteiger partial charge in [-0.25, -0.2) is 4.79 Å². The van der Waals surface area contributed by atoms with E-state index in [1.165, 1.54) is 6.92 Å². The monoisotopic (exact) mass is 356 g/mol. The molecule has 0 bridgehead atoms. The van der Waals surface area contributed by atoms with E-state index in [-0.39, 0.29) is 23.9 Å². The minimum Gasteiger partial charge on any atom is -0.444 e. The molecule has 2 fully saturated rings. The van der Waals surface area contributed by atoms with Crippen LogP contribution in [0.5, 0.6) is 0 Å². The number of alkyl carbamates (subject to hydrolysis) is 1. The van der Waals surface area contributed by atoms with Crippen molar-refractivity contribution in [2.45, 2.75) is 65.1 Å². The van der Waals surface area contributed by atoms with Crippen molar-refractivity contribution < 1.29 is 19.1 Å². The average Bonchev–Trinajstić information content (AvgIpc) is 3.06. The number of ether oxygens (including phenoxy) is 1. The summed E-state index contributed by atoms with van der Waals surface area (Å²) in [7, 11) is 0. The van der Waals surface area contributed by atoms with Gasteiger partial charge in [0.15, 0.2) is 0 Å². The van der Waals surface area contributed by atoms with Crippen molar-refractivity contribution in [2.75, 3.05) is 26.2 Å². The van der Waals surface area contributed by atoms with Crippen LogP contribution in [-0.4, -0.2) is 71.6 Å². The molecule has 3 N–H and O–H groups in total. The molecular formula is C17H32N4O4. The van der Waals surface area contributed by atoms with Gasteiger partial charge in [-0.05, 0) is 33.6 Å². The lowest BCUT2D eigenvalue weighted by molar-refractivity contribution is -0.128.